The molecule has 0 saturated carbocycles. The van der Waals surface area contributed by atoms with E-state index in [0.29, 0.717) is 36.9 Å². The van der Waals surface area contributed by atoms with E-state index in [4.69, 9.17) is 4.74 Å². The fourth-order valence-corrected chi connectivity index (χ4v) is 3.12. The van der Waals surface area contributed by atoms with E-state index in [9.17, 15) is 9.90 Å². The van der Waals surface area contributed by atoms with Crippen LogP contribution in [0.4, 0.5) is 5.69 Å². The summed E-state index contributed by atoms with van der Waals surface area (Å²) in [4.78, 5) is 20.9. The fourth-order valence-electron chi connectivity index (χ4n) is 3.12. The number of benzene rings is 1. The quantitative estimate of drug-likeness (QED) is 0.358. The number of piperazine rings is 1. The Morgan fingerprint density at radius 3 is 2.79 bits per heavy atom. The number of aromatic nitrogens is 2. The topological polar surface area (TPSA) is 95.2 Å². The number of nitrogens with zero attached hydrogens (tertiary/aromatic N) is 5. The van der Waals surface area contributed by atoms with Crippen molar-refractivity contribution in [2.45, 2.75) is 13.5 Å². The number of nitrogens with one attached hydrogen (secondary N) is 1. The van der Waals surface area contributed by atoms with Gasteiger partial charge in [-0.3, -0.25) is 9.48 Å². The highest BCUT2D eigenvalue weighted by Crippen LogP contribution is 2.29. The van der Waals surface area contributed by atoms with Crippen LogP contribution in [0.5, 0.6) is 11.5 Å². The molecule has 1 aromatic carbocycles. The lowest BCUT2D eigenvalue weighted by atomic mass is 10.2. The van der Waals surface area contributed by atoms with Crippen molar-refractivity contribution in [3.8, 4) is 11.5 Å². The zero-order valence-corrected chi connectivity index (χ0v) is 19.2. The van der Waals surface area contributed by atoms with Gasteiger partial charge in [-0.2, -0.15) is 5.10 Å². The molecular weight excluding hydrogens is 487 g/mol. The number of hydrogen-bond acceptors (Lipinski definition) is 5. The smallest absolute Gasteiger partial charge is 0.246 e. The SMILES string of the molecule is CCNC(=NCc1cccc(OC)c1O)N1CCN(c2cnn(C)c2)C(=O)C1.I. The third kappa shape index (κ3) is 5.31. The molecule has 158 valence electrons. The monoisotopic (exact) mass is 514 g/mol. The van der Waals surface area contributed by atoms with Gasteiger partial charge in [0.2, 0.25) is 5.91 Å². The minimum Gasteiger partial charge on any atom is -0.504 e. The average molecular weight is 514 g/mol. The summed E-state index contributed by atoms with van der Waals surface area (Å²) in [5.41, 5.74) is 1.46. The van der Waals surface area contributed by atoms with Gasteiger partial charge in [0.1, 0.15) is 6.54 Å². The molecule has 2 aromatic rings. The fraction of sp³-hybridized carbons (Fsp3) is 0.421. The van der Waals surface area contributed by atoms with Crippen LogP contribution in [0.25, 0.3) is 0 Å². The Labute approximate surface area is 187 Å². The number of guanidine groups is 1. The third-order valence-corrected chi connectivity index (χ3v) is 4.56. The Morgan fingerprint density at radius 1 is 1.38 bits per heavy atom. The highest BCUT2D eigenvalue weighted by molar-refractivity contribution is 14.0. The second kappa shape index (κ2) is 10.3. The zero-order valence-electron chi connectivity index (χ0n) is 16.8. The number of ether oxygens (including phenoxy) is 1. The lowest BCUT2D eigenvalue weighted by Crippen LogP contribution is -2.55. The first-order valence-electron chi connectivity index (χ1n) is 9.20. The van der Waals surface area contributed by atoms with Crippen LogP contribution in [-0.2, 0) is 18.4 Å². The van der Waals surface area contributed by atoms with Gasteiger partial charge < -0.3 is 25.0 Å². The number of phenolic OH excluding ortho intramolecular Hbond substituents is 1. The molecule has 1 amide bonds. The van der Waals surface area contributed by atoms with Gasteiger partial charge in [-0.05, 0) is 13.0 Å². The molecule has 1 aliphatic rings. The predicted molar refractivity (Wildman–Crippen MR) is 122 cm³/mol. The lowest BCUT2D eigenvalue weighted by molar-refractivity contribution is -0.120. The summed E-state index contributed by atoms with van der Waals surface area (Å²) in [5.74, 6) is 1.14. The van der Waals surface area contributed by atoms with E-state index < -0.39 is 0 Å². The van der Waals surface area contributed by atoms with Crippen LogP contribution >= 0.6 is 24.0 Å². The van der Waals surface area contributed by atoms with Gasteiger partial charge in [-0.15, -0.1) is 24.0 Å². The molecule has 0 atom stereocenters. The van der Waals surface area contributed by atoms with E-state index in [-0.39, 0.29) is 48.7 Å². The molecule has 0 spiro atoms. The third-order valence-electron chi connectivity index (χ3n) is 4.56. The van der Waals surface area contributed by atoms with Crippen molar-refractivity contribution in [1.29, 1.82) is 0 Å². The summed E-state index contributed by atoms with van der Waals surface area (Å²) < 4.78 is 6.83. The molecule has 0 bridgehead atoms. The molecule has 0 radical (unpaired) electrons. The van der Waals surface area contributed by atoms with Gasteiger partial charge >= 0.3 is 0 Å². The maximum atomic E-state index is 12.6. The van der Waals surface area contributed by atoms with E-state index in [0.717, 1.165) is 5.69 Å². The van der Waals surface area contributed by atoms with Crippen molar-refractivity contribution in [3.05, 3.63) is 36.2 Å². The summed E-state index contributed by atoms with van der Waals surface area (Å²) in [5, 5.41) is 17.6. The van der Waals surface area contributed by atoms with Crippen molar-refractivity contribution in [2.75, 3.05) is 38.2 Å². The van der Waals surface area contributed by atoms with Crippen LogP contribution in [-0.4, -0.2) is 64.9 Å². The maximum absolute atomic E-state index is 12.6. The Hall–Kier alpha value is -2.50. The van der Waals surface area contributed by atoms with Crippen molar-refractivity contribution < 1.29 is 14.6 Å². The van der Waals surface area contributed by atoms with Crippen LogP contribution in [0.3, 0.4) is 0 Å². The zero-order chi connectivity index (χ0) is 20.1. The summed E-state index contributed by atoms with van der Waals surface area (Å²) in [7, 11) is 3.34. The predicted octanol–water partition coefficient (Wildman–Crippen LogP) is 1.57. The molecule has 1 aliphatic heterocycles. The first-order valence-corrected chi connectivity index (χ1v) is 9.20. The molecule has 29 heavy (non-hydrogen) atoms. The van der Waals surface area contributed by atoms with Crippen LogP contribution in [0, 0.1) is 0 Å². The summed E-state index contributed by atoms with van der Waals surface area (Å²) >= 11 is 0. The lowest BCUT2D eigenvalue weighted by Gasteiger charge is -2.35. The van der Waals surface area contributed by atoms with Crippen LogP contribution in [0.1, 0.15) is 12.5 Å². The van der Waals surface area contributed by atoms with E-state index in [1.807, 2.05) is 31.1 Å². The highest BCUT2D eigenvalue weighted by Gasteiger charge is 2.27. The van der Waals surface area contributed by atoms with Crippen LogP contribution in [0.15, 0.2) is 35.6 Å². The van der Waals surface area contributed by atoms with E-state index in [1.165, 1.54) is 7.11 Å². The van der Waals surface area contributed by atoms with Crippen LogP contribution in [0.2, 0.25) is 0 Å². The number of aliphatic imine (C=N–C) groups is 1. The van der Waals surface area contributed by atoms with Gasteiger partial charge in [0.25, 0.3) is 0 Å². The first kappa shape index (κ1) is 22.8. The largest absolute Gasteiger partial charge is 0.504 e. The van der Waals surface area contributed by atoms with Crippen molar-refractivity contribution in [2.24, 2.45) is 12.0 Å². The number of aryl methyl sites for hydroxylation is 1. The maximum Gasteiger partial charge on any atom is 0.246 e. The van der Waals surface area contributed by atoms with Crippen molar-refractivity contribution >= 4 is 41.5 Å². The number of methoxy groups -OCH3 is 1. The number of carbonyl (C=O) groups is 1. The molecule has 1 fully saturated rings. The molecule has 2 N–H and O–H groups in total. The first-order chi connectivity index (χ1) is 13.5. The number of amides is 1. The second-order valence-corrected chi connectivity index (χ2v) is 6.48. The summed E-state index contributed by atoms with van der Waals surface area (Å²) in [6.45, 7) is 4.37. The number of halogens is 1. The summed E-state index contributed by atoms with van der Waals surface area (Å²) in [6, 6.07) is 5.31. The minimum absolute atomic E-state index is 0. The number of hydrogen-bond donors (Lipinski definition) is 2. The Morgan fingerprint density at radius 2 is 2.17 bits per heavy atom. The van der Waals surface area contributed by atoms with Gasteiger partial charge in [0.15, 0.2) is 17.5 Å². The Kier molecular flexibility index (Phi) is 8.11. The number of anilines is 1. The molecular formula is C19H27IN6O3. The van der Waals surface area contributed by atoms with E-state index in [1.54, 1.807) is 27.9 Å². The molecule has 9 nitrogen and oxygen atoms in total. The standard InChI is InChI=1S/C19H26N6O3.HI/c1-4-20-19(21-10-14-6-5-7-16(28-3)18(14)27)24-8-9-25(17(26)13-24)15-11-22-23(2)12-15;/h5-7,11-12,27H,4,8-10,13H2,1-3H3,(H,20,21);1H. The molecule has 2 heterocycles. The van der Waals surface area contributed by atoms with Gasteiger partial charge in [0, 0.05) is 38.4 Å². The van der Waals surface area contributed by atoms with Crippen molar-refractivity contribution in [1.82, 2.24) is 20.0 Å². The van der Waals surface area contributed by atoms with E-state index >= 15 is 0 Å². The average Bonchev–Trinajstić information content (AvgIpc) is 3.12. The number of aromatic hydroxyl groups is 1. The molecule has 1 aromatic heterocycles. The normalized spacial score (nSPS) is 14.6. The van der Waals surface area contributed by atoms with Crippen molar-refractivity contribution in [3.63, 3.8) is 0 Å². The molecule has 0 unspecified atom stereocenters. The van der Waals surface area contributed by atoms with Gasteiger partial charge in [-0.25, -0.2) is 4.99 Å². The Bertz CT molecular complexity index is 869. The summed E-state index contributed by atoms with van der Waals surface area (Å²) in [6.07, 6.45) is 3.52. The number of carbonyl (C=O) groups excluding carboxylic acids is 1. The highest BCUT2D eigenvalue weighted by atomic mass is 127. The molecule has 10 heteroatoms. The molecule has 3 rings (SSSR count). The number of phenols is 1. The van der Waals surface area contributed by atoms with E-state index in [2.05, 4.69) is 15.4 Å². The number of para-hydroxylation sites is 1. The van der Waals surface area contributed by atoms with Gasteiger partial charge in [0.05, 0.1) is 25.5 Å². The minimum atomic E-state index is -0.00548. The molecule has 1 saturated heterocycles. The number of rotatable bonds is 5. The van der Waals surface area contributed by atoms with Crippen LogP contribution < -0.4 is 15.0 Å². The van der Waals surface area contributed by atoms with Gasteiger partial charge in [-0.1, -0.05) is 12.1 Å². The second-order valence-electron chi connectivity index (χ2n) is 6.48. The molecule has 0 aliphatic carbocycles. The Balaban J connectivity index is 0.00000300.